The van der Waals surface area contributed by atoms with Gasteiger partial charge in [0.2, 0.25) is 5.91 Å². The van der Waals surface area contributed by atoms with Gasteiger partial charge in [-0.2, -0.15) is 0 Å². The van der Waals surface area contributed by atoms with E-state index in [9.17, 15) is 9.59 Å². The zero-order chi connectivity index (χ0) is 14.9. The number of hydrogen-bond donors (Lipinski definition) is 1. The minimum Gasteiger partial charge on any atom is -0.359 e. The van der Waals surface area contributed by atoms with Gasteiger partial charge in [-0.1, -0.05) is 22.0 Å². The van der Waals surface area contributed by atoms with Crippen LogP contribution in [0.5, 0.6) is 0 Å². The van der Waals surface area contributed by atoms with E-state index in [-0.39, 0.29) is 11.8 Å². The second kappa shape index (κ2) is 5.56. The standard InChI is InChI=1S/C15H19BrN2O2/c1-10-4-5-11(8-12(10)16)13(19)18-7-6-15(2,9-18)14(20)17-3/h4-5,8H,6-7,9H2,1-3H3,(H,17,20). The number of aryl methyl sites for hydroxylation is 1. The van der Waals surface area contributed by atoms with Crippen LogP contribution in [0.4, 0.5) is 0 Å². The maximum absolute atomic E-state index is 12.5. The number of carbonyl (C=O) groups is 2. The summed E-state index contributed by atoms with van der Waals surface area (Å²) in [6, 6.07) is 5.59. The van der Waals surface area contributed by atoms with E-state index in [1.807, 2.05) is 32.0 Å². The van der Waals surface area contributed by atoms with Crippen LogP contribution in [-0.4, -0.2) is 36.9 Å². The molecule has 4 nitrogen and oxygen atoms in total. The predicted molar refractivity (Wildman–Crippen MR) is 81.6 cm³/mol. The number of benzene rings is 1. The number of halogens is 1. The van der Waals surface area contributed by atoms with Gasteiger partial charge in [-0.3, -0.25) is 9.59 Å². The van der Waals surface area contributed by atoms with E-state index in [4.69, 9.17) is 0 Å². The van der Waals surface area contributed by atoms with Gasteiger partial charge in [0.05, 0.1) is 5.41 Å². The highest BCUT2D eigenvalue weighted by Crippen LogP contribution is 2.31. The third-order valence-electron chi connectivity index (χ3n) is 3.95. The van der Waals surface area contributed by atoms with Gasteiger partial charge >= 0.3 is 0 Å². The number of likely N-dealkylation sites (tertiary alicyclic amines) is 1. The maximum atomic E-state index is 12.5. The Labute approximate surface area is 127 Å². The molecule has 108 valence electrons. The van der Waals surface area contributed by atoms with Crippen molar-refractivity contribution in [3.05, 3.63) is 33.8 Å². The molecule has 0 aromatic heterocycles. The first kappa shape index (κ1) is 15.0. The molecule has 1 atom stereocenters. The van der Waals surface area contributed by atoms with E-state index < -0.39 is 5.41 Å². The van der Waals surface area contributed by atoms with Crippen LogP contribution in [0.25, 0.3) is 0 Å². The summed E-state index contributed by atoms with van der Waals surface area (Å²) in [6.45, 7) is 4.98. The lowest BCUT2D eigenvalue weighted by atomic mass is 9.89. The van der Waals surface area contributed by atoms with Crippen molar-refractivity contribution in [3.63, 3.8) is 0 Å². The molecule has 1 aromatic carbocycles. The van der Waals surface area contributed by atoms with E-state index >= 15 is 0 Å². The zero-order valence-electron chi connectivity index (χ0n) is 12.0. The van der Waals surface area contributed by atoms with Gasteiger partial charge in [-0.15, -0.1) is 0 Å². The second-order valence-corrected chi connectivity index (χ2v) is 6.43. The van der Waals surface area contributed by atoms with Gasteiger partial charge in [0.15, 0.2) is 0 Å². The quantitative estimate of drug-likeness (QED) is 0.899. The zero-order valence-corrected chi connectivity index (χ0v) is 13.6. The Hall–Kier alpha value is -1.36. The molecule has 0 spiro atoms. The molecule has 1 fully saturated rings. The van der Waals surface area contributed by atoms with E-state index in [0.29, 0.717) is 25.1 Å². The van der Waals surface area contributed by atoms with Gasteiger partial charge in [0.1, 0.15) is 0 Å². The van der Waals surface area contributed by atoms with Gasteiger partial charge in [0.25, 0.3) is 5.91 Å². The summed E-state index contributed by atoms with van der Waals surface area (Å²) in [5.41, 5.74) is 1.27. The summed E-state index contributed by atoms with van der Waals surface area (Å²) in [4.78, 5) is 26.1. The average molecular weight is 339 g/mol. The van der Waals surface area contributed by atoms with Crippen molar-refractivity contribution in [2.24, 2.45) is 5.41 Å². The summed E-state index contributed by atoms with van der Waals surface area (Å²) in [5, 5.41) is 2.68. The summed E-state index contributed by atoms with van der Waals surface area (Å²) in [5.74, 6) is -0.0174. The Balaban J connectivity index is 2.15. The Kier molecular flexibility index (Phi) is 4.18. The second-order valence-electron chi connectivity index (χ2n) is 5.58. The fourth-order valence-corrected chi connectivity index (χ4v) is 2.91. The van der Waals surface area contributed by atoms with Crippen LogP contribution in [0.2, 0.25) is 0 Å². The number of carbonyl (C=O) groups excluding carboxylic acids is 2. The van der Waals surface area contributed by atoms with Gasteiger partial charge in [-0.05, 0) is 38.0 Å². The molecule has 0 bridgehead atoms. The van der Waals surface area contributed by atoms with Crippen molar-refractivity contribution in [3.8, 4) is 0 Å². The normalized spacial score (nSPS) is 21.9. The minimum absolute atomic E-state index is 0.00196. The monoisotopic (exact) mass is 338 g/mol. The molecule has 1 heterocycles. The number of nitrogens with zero attached hydrogens (tertiary/aromatic N) is 1. The molecule has 1 aliphatic rings. The molecular weight excluding hydrogens is 320 g/mol. The van der Waals surface area contributed by atoms with Crippen LogP contribution in [0, 0.1) is 12.3 Å². The Morgan fingerprint density at radius 1 is 1.40 bits per heavy atom. The predicted octanol–water partition coefficient (Wildman–Crippen LogP) is 2.36. The average Bonchev–Trinajstić information content (AvgIpc) is 2.84. The summed E-state index contributed by atoms with van der Waals surface area (Å²) in [7, 11) is 1.63. The number of hydrogen-bond acceptors (Lipinski definition) is 2. The maximum Gasteiger partial charge on any atom is 0.253 e. The largest absolute Gasteiger partial charge is 0.359 e. The summed E-state index contributed by atoms with van der Waals surface area (Å²) >= 11 is 3.44. The van der Waals surface area contributed by atoms with E-state index in [0.717, 1.165) is 10.0 Å². The lowest BCUT2D eigenvalue weighted by Gasteiger charge is -2.22. The number of nitrogens with one attached hydrogen (secondary N) is 1. The van der Waals surface area contributed by atoms with Crippen LogP contribution in [0.3, 0.4) is 0 Å². The molecule has 1 aromatic rings. The highest BCUT2D eigenvalue weighted by Gasteiger charge is 2.41. The Morgan fingerprint density at radius 3 is 2.70 bits per heavy atom. The molecule has 0 radical (unpaired) electrons. The van der Waals surface area contributed by atoms with Crippen LogP contribution in [0.1, 0.15) is 29.3 Å². The van der Waals surface area contributed by atoms with Crippen molar-refractivity contribution >= 4 is 27.7 Å². The minimum atomic E-state index is -0.480. The molecule has 5 heteroatoms. The van der Waals surface area contributed by atoms with Gasteiger partial charge < -0.3 is 10.2 Å². The fraction of sp³-hybridized carbons (Fsp3) is 0.467. The molecule has 2 amide bonds. The summed E-state index contributed by atoms with van der Waals surface area (Å²) < 4.78 is 0.927. The third-order valence-corrected chi connectivity index (χ3v) is 4.81. The van der Waals surface area contributed by atoms with Gasteiger partial charge in [0, 0.05) is 30.2 Å². The van der Waals surface area contributed by atoms with Crippen molar-refractivity contribution < 1.29 is 9.59 Å². The van der Waals surface area contributed by atoms with Crippen molar-refractivity contribution in [2.75, 3.05) is 20.1 Å². The van der Waals surface area contributed by atoms with Crippen molar-refractivity contribution in [2.45, 2.75) is 20.3 Å². The lowest BCUT2D eigenvalue weighted by molar-refractivity contribution is -0.128. The topological polar surface area (TPSA) is 49.4 Å². The first-order chi connectivity index (χ1) is 9.37. The Morgan fingerprint density at radius 2 is 2.10 bits per heavy atom. The molecule has 1 unspecified atom stereocenters. The molecule has 1 aliphatic heterocycles. The highest BCUT2D eigenvalue weighted by molar-refractivity contribution is 9.10. The van der Waals surface area contributed by atoms with Crippen LogP contribution in [-0.2, 0) is 4.79 Å². The first-order valence-electron chi connectivity index (χ1n) is 6.65. The van der Waals surface area contributed by atoms with E-state index in [1.165, 1.54) is 0 Å². The van der Waals surface area contributed by atoms with Crippen LogP contribution >= 0.6 is 15.9 Å². The molecule has 1 N–H and O–H groups in total. The molecule has 0 saturated carbocycles. The van der Waals surface area contributed by atoms with E-state index in [2.05, 4.69) is 21.2 Å². The highest BCUT2D eigenvalue weighted by atomic mass is 79.9. The smallest absolute Gasteiger partial charge is 0.253 e. The first-order valence-corrected chi connectivity index (χ1v) is 7.44. The summed E-state index contributed by atoms with van der Waals surface area (Å²) in [6.07, 6.45) is 0.700. The SMILES string of the molecule is CNC(=O)C1(C)CCN(C(=O)c2ccc(C)c(Br)c2)C1. The van der Waals surface area contributed by atoms with Crippen molar-refractivity contribution in [1.29, 1.82) is 0 Å². The number of rotatable bonds is 2. The van der Waals surface area contributed by atoms with Crippen molar-refractivity contribution in [1.82, 2.24) is 10.2 Å². The van der Waals surface area contributed by atoms with Gasteiger partial charge in [-0.25, -0.2) is 0 Å². The molecular formula is C15H19BrN2O2. The molecule has 0 aliphatic carbocycles. The molecule has 20 heavy (non-hydrogen) atoms. The lowest BCUT2D eigenvalue weighted by Crippen LogP contribution is -2.40. The molecule has 1 saturated heterocycles. The van der Waals surface area contributed by atoms with Crippen LogP contribution < -0.4 is 5.32 Å². The number of amides is 2. The Bertz CT molecular complexity index is 559. The van der Waals surface area contributed by atoms with E-state index in [1.54, 1.807) is 11.9 Å². The molecule has 2 rings (SSSR count). The third kappa shape index (κ3) is 2.73. The fourth-order valence-electron chi connectivity index (χ4n) is 2.53. The van der Waals surface area contributed by atoms with Crippen LogP contribution in [0.15, 0.2) is 22.7 Å².